The molecule has 1 aromatic carbocycles. The van der Waals surface area contributed by atoms with Gasteiger partial charge in [0.05, 0.1) is 11.0 Å². The van der Waals surface area contributed by atoms with Crippen molar-refractivity contribution in [3.8, 4) is 0 Å². The molecule has 2 N–H and O–H groups in total. The number of carboxylic acids is 1. The van der Waals surface area contributed by atoms with Gasteiger partial charge in [0.1, 0.15) is 19.0 Å². The molecule has 0 aliphatic carbocycles. The number of hydrogen-bond acceptors (Lipinski definition) is 3. The molecular weight excluding hydrogens is 232 g/mol. The summed E-state index contributed by atoms with van der Waals surface area (Å²) >= 11 is 0. The van der Waals surface area contributed by atoms with E-state index in [1.807, 2.05) is 24.3 Å². The normalized spacial score (nSPS) is 10.0. The minimum Gasteiger partial charge on any atom is -0.480 e. The minimum absolute atomic E-state index is 0. The molecule has 0 bridgehead atoms. The molecule has 16 heavy (non-hydrogen) atoms. The van der Waals surface area contributed by atoms with Crippen LogP contribution in [0.25, 0.3) is 11.0 Å². The van der Waals surface area contributed by atoms with Crippen LogP contribution in [0.15, 0.2) is 24.3 Å². The average molecular weight is 243 g/mol. The van der Waals surface area contributed by atoms with Gasteiger partial charge in [-0.25, -0.2) is 9.78 Å². The molecule has 0 aliphatic rings. The second-order valence-electron chi connectivity index (χ2n) is 3.09. The summed E-state index contributed by atoms with van der Waals surface area (Å²) in [6.07, 6.45) is 0. The third-order valence-electron chi connectivity index (χ3n) is 1.90. The van der Waals surface area contributed by atoms with Crippen molar-refractivity contribution in [1.82, 2.24) is 9.97 Å². The molecule has 86 valence electrons. The van der Waals surface area contributed by atoms with Gasteiger partial charge >= 0.3 is 5.97 Å². The first-order valence-corrected chi connectivity index (χ1v) is 4.49. The quantitative estimate of drug-likeness (QED) is 0.854. The number of para-hydroxylation sites is 2. The Morgan fingerprint density at radius 3 is 2.88 bits per heavy atom. The SMILES string of the molecule is Cl.O=C(O)COCc1nc2ccccc2[nH]1. The summed E-state index contributed by atoms with van der Waals surface area (Å²) in [5.41, 5.74) is 1.78. The lowest BCUT2D eigenvalue weighted by atomic mass is 10.3. The van der Waals surface area contributed by atoms with Crippen molar-refractivity contribution in [2.45, 2.75) is 6.61 Å². The maximum atomic E-state index is 10.2. The largest absolute Gasteiger partial charge is 0.480 e. The van der Waals surface area contributed by atoms with Crippen LogP contribution in [0.5, 0.6) is 0 Å². The van der Waals surface area contributed by atoms with E-state index in [9.17, 15) is 4.79 Å². The van der Waals surface area contributed by atoms with Gasteiger partial charge in [-0.05, 0) is 12.1 Å². The lowest BCUT2D eigenvalue weighted by Gasteiger charge is -1.96. The number of rotatable bonds is 4. The summed E-state index contributed by atoms with van der Waals surface area (Å²) in [7, 11) is 0. The fourth-order valence-corrected chi connectivity index (χ4v) is 1.31. The van der Waals surface area contributed by atoms with Crippen LogP contribution < -0.4 is 0 Å². The third-order valence-corrected chi connectivity index (χ3v) is 1.90. The Bertz CT molecular complexity index is 451. The van der Waals surface area contributed by atoms with Gasteiger partial charge in [-0.2, -0.15) is 0 Å². The van der Waals surface area contributed by atoms with Crippen molar-refractivity contribution in [3.05, 3.63) is 30.1 Å². The average Bonchev–Trinajstić information content (AvgIpc) is 2.59. The van der Waals surface area contributed by atoms with Gasteiger partial charge in [-0.1, -0.05) is 12.1 Å². The minimum atomic E-state index is -0.980. The van der Waals surface area contributed by atoms with E-state index < -0.39 is 5.97 Å². The number of aromatic amines is 1. The fraction of sp³-hybridized carbons (Fsp3) is 0.200. The van der Waals surface area contributed by atoms with Crippen molar-refractivity contribution in [1.29, 1.82) is 0 Å². The third kappa shape index (κ3) is 2.95. The Morgan fingerprint density at radius 2 is 2.19 bits per heavy atom. The molecule has 0 aliphatic heterocycles. The summed E-state index contributed by atoms with van der Waals surface area (Å²) in [4.78, 5) is 17.5. The van der Waals surface area contributed by atoms with E-state index in [2.05, 4.69) is 9.97 Å². The summed E-state index contributed by atoms with van der Waals surface area (Å²) in [5, 5.41) is 8.38. The maximum Gasteiger partial charge on any atom is 0.329 e. The second-order valence-corrected chi connectivity index (χ2v) is 3.09. The standard InChI is InChI=1S/C10H10N2O3.ClH/c13-10(14)6-15-5-9-11-7-3-1-2-4-8(7)12-9;/h1-4H,5-6H2,(H,11,12)(H,13,14);1H. The van der Waals surface area contributed by atoms with E-state index in [0.29, 0.717) is 5.82 Å². The van der Waals surface area contributed by atoms with Crippen LogP contribution >= 0.6 is 12.4 Å². The molecule has 1 aromatic heterocycles. The Kier molecular flexibility index (Phi) is 4.28. The number of aromatic nitrogens is 2. The Balaban J connectivity index is 0.00000128. The van der Waals surface area contributed by atoms with Crippen LogP contribution in [0.3, 0.4) is 0 Å². The monoisotopic (exact) mass is 242 g/mol. The Hall–Kier alpha value is -1.59. The van der Waals surface area contributed by atoms with Crippen LogP contribution in [0, 0.1) is 0 Å². The van der Waals surface area contributed by atoms with Crippen LogP contribution in [0.1, 0.15) is 5.82 Å². The van der Waals surface area contributed by atoms with Crippen molar-refractivity contribution >= 4 is 29.4 Å². The van der Waals surface area contributed by atoms with E-state index in [1.54, 1.807) is 0 Å². The topological polar surface area (TPSA) is 75.2 Å². The van der Waals surface area contributed by atoms with Gasteiger partial charge in [0.15, 0.2) is 0 Å². The van der Waals surface area contributed by atoms with Gasteiger partial charge in [-0.15, -0.1) is 12.4 Å². The molecular formula is C10H11ClN2O3. The molecule has 0 unspecified atom stereocenters. The van der Waals surface area contributed by atoms with Crippen LogP contribution in [-0.2, 0) is 16.1 Å². The summed E-state index contributed by atoms with van der Waals surface area (Å²) in [6.45, 7) is -0.127. The van der Waals surface area contributed by atoms with Crippen molar-refractivity contribution in [3.63, 3.8) is 0 Å². The van der Waals surface area contributed by atoms with Gasteiger partial charge in [0.25, 0.3) is 0 Å². The first kappa shape index (κ1) is 12.5. The van der Waals surface area contributed by atoms with Gasteiger partial charge < -0.3 is 14.8 Å². The molecule has 0 amide bonds. The maximum absolute atomic E-state index is 10.2. The first-order chi connectivity index (χ1) is 7.25. The van der Waals surface area contributed by atoms with Crippen LogP contribution in [0.2, 0.25) is 0 Å². The molecule has 2 rings (SSSR count). The van der Waals surface area contributed by atoms with Crippen LogP contribution in [0.4, 0.5) is 0 Å². The van der Waals surface area contributed by atoms with Gasteiger partial charge in [0, 0.05) is 0 Å². The lowest BCUT2D eigenvalue weighted by molar-refractivity contribution is -0.142. The molecule has 6 heteroatoms. The van der Waals surface area contributed by atoms with Gasteiger partial charge in [-0.3, -0.25) is 0 Å². The Morgan fingerprint density at radius 1 is 1.44 bits per heavy atom. The molecule has 0 radical (unpaired) electrons. The summed E-state index contributed by atoms with van der Waals surface area (Å²) in [6, 6.07) is 7.59. The van der Waals surface area contributed by atoms with Gasteiger partial charge in [0.2, 0.25) is 0 Å². The van der Waals surface area contributed by atoms with E-state index in [4.69, 9.17) is 9.84 Å². The fourth-order valence-electron chi connectivity index (χ4n) is 1.31. The number of H-pyrrole nitrogens is 1. The molecule has 0 fully saturated rings. The molecule has 0 saturated carbocycles. The van der Waals surface area contributed by atoms with E-state index in [-0.39, 0.29) is 25.6 Å². The Labute approximate surface area is 97.9 Å². The number of carbonyl (C=O) groups is 1. The number of halogens is 1. The molecule has 0 atom stereocenters. The zero-order chi connectivity index (χ0) is 10.7. The number of aliphatic carboxylic acids is 1. The number of hydrogen-bond donors (Lipinski definition) is 2. The predicted molar refractivity (Wildman–Crippen MR) is 60.6 cm³/mol. The number of nitrogens with one attached hydrogen (secondary N) is 1. The summed E-state index contributed by atoms with van der Waals surface area (Å²) < 4.78 is 4.92. The highest BCUT2D eigenvalue weighted by Crippen LogP contribution is 2.10. The summed E-state index contributed by atoms with van der Waals surface area (Å²) in [5.74, 6) is -0.344. The van der Waals surface area contributed by atoms with E-state index in [1.165, 1.54) is 0 Å². The lowest BCUT2D eigenvalue weighted by Crippen LogP contribution is -2.07. The molecule has 2 aromatic rings. The zero-order valence-electron chi connectivity index (χ0n) is 8.34. The number of ether oxygens (including phenoxy) is 1. The number of benzene rings is 1. The van der Waals surface area contributed by atoms with Crippen LogP contribution in [-0.4, -0.2) is 27.7 Å². The molecule has 1 heterocycles. The zero-order valence-corrected chi connectivity index (χ0v) is 9.16. The van der Waals surface area contributed by atoms with E-state index in [0.717, 1.165) is 11.0 Å². The first-order valence-electron chi connectivity index (χ1n) is 4.49. The highest BCUT2D eigenvalue weighted by Gasteiger charge is 2.02. The number of nitrogens with zero attached hydrogens (tertiary/aromatic N) is 1. The number of carboxylic acid groups (broad SMARTS) is 1. The predicted octanol–water partition coefficient (Wildman–Crippen LogP) is 1.59. The smallest absolute Gasteiger partial charge is 0.329 e. The molecule has 0 saturated heterocycles. The second kappa shape index (κ2) is 5.48. The number of fused-ring (bicyclic) bond motifs is 1. The van der Waals surface area contributed by atoms with Crippen molar-refractivity contribution in [2.75, 3.05) is 6.61 Å². The van der Waals surface area contributed by atoms with Crippen molar-refractivity contribution < 1.29 is 14.6 Å². The number of imidazole rings is 1. The molecule has 0 spiro atoms. The highest BCUT2D eigenvalue weighted by molar-refractivity contribution is 5.85. The van der Waals surface area contributed by atoms with Crippen molar-refractivity contribution in [2.24, 2.45) is 0 Å². The molecule has 5 nitrogen and oxygen atoms in total. The highest BCUT2D eigenvalue weighted by atomic mass is 35.5. The van der Waals surface area contributed by atoms with E-state index >= 15 is 0 Å².